The Morgan fingerprint density at radius 2 is 1.67 bits per heavy atom. The summed E-state index contributed by atoms with van der Waals surface area (Å²) in [6.45, 7) is 2.98. The number of nitrogens with one attached hydrogen (secondary N) is 1. The molecule has 8 heteroatoms. The first kappa shape index (κ1) is 17.5. The minimum absolute atomic E-state index is 0.00226. The molecule has 1 N–H and O–H groups in total. The van der Waals surface area contributed by atoms with Crippen LogP contribution >= 0.6 is 0 Å². The molecule has 0 spiro atoms. The minimum Gasteiger partial charge on any atom is -0.368 e. The molecule has 4 rings (SSSR count). The van der Waals surface area contributed by atoms with E-state index >= 15 is 0 Å². The fourth-order valence-corrected chi connectivity index (χ4v) is 3.95. The van der Waals surface area contributed by atoms with E-state index in [1.54, 1.807) is 0 Å². The molecule has 1 aromatic carbocycles. The third-order valence-electron chi connectivity index (χ3n) is 5.38. The number of piperazine rings is 1. The molecule has 1 aliphatic carbocycles. The Kier molecular flexibility index (Phi) is 5.04. The summed E-state index contributed by atoms with van der Waals surface area (Å²) in [5.74, 6) is 0.769. The van der Waals surface area contributed by atoms with E-state index in [0.29, 0.717) is 24.7 Å². The number of aromatic nitrogens is 2. The third-order valence-corrected chi connectivity index (χ3v) is 5.38. The first-order chi connectivity index (χ1) is 13.2. The number of nitrogens with zero attached hydrogens (tertiary/aromatic N) is 5. The molecule has 1 aromatic heterocycles. The number of hydrogen-bond acceptors (Lipinski definition) is 7. The van der Waals surface area contributed by atoms with E-state index in [0.717, 1.165) is 38.8 Å². The molecule has 2 aromatic rings. The predicted molar refractivity (Wildman–Crippen MR) is 105 cm³/mol. The van der Waals surface area contributed by atoms with Crippen LogP contribution in [0.1, 0.15) is 25.7 Å². The fourth-order valence-electron chi connectivity index (χ4n) is 3.95. The molecule has 0 radical (unpaired) electrons. The second-order valence-electron chi connectivity index (χ2n) is 7.09. The van der Waals surface area contributed by atoms with Gasteiger partial charge >= 0.3 is 5.69 Å². The van der Waals surface area contributed by atoms with Crippen molar-refractivity contribution in [3.63, 3.8) is 0 Å². The van der Waals surface area contributed by atoms with Crippen LogP contribution in [0, 0.1) is 10.1 Å². The van der Waals surface area contributed by atoms with E-state index in [4.69, 9.17) is 0 Å². The molecule has 0 unspecified atom stereocenters. The monoisotopic (exact) mass is 368 g/mol. The molecule has 2 heterocycles. The first-order valence-corrected chi connectivity index (χ1v) is 9.53. The highest BCUT2D eigenvalue weighted by molar-refractivity contribution is 5.71. The van der Waals surface area contributed by atoms with Crippen LogP contribution in [0.25, 0.3) is 0 Å². The SMILES string of the molecule is O=[N+]([O-])c1c(NC2CCCC2)ncnc1N1CCN(c2ccccc2)CC1. The second kappa shape index (κ2) is 7.77. The Balaban J connectivity index is 1.52. The van der Waals surface area contributed by atoms with Gasteiger partial charge in [-0.1, -0.05) is 31.0 Å². The molecule has 142 valence electrons. The Hall–Kier alpha value is -2.90. The Labute approximate surface area is 158 Å². The number of rotatable bonds is 5. The normalized spacial score (nSPS) is 17.9. The van der Waals surface area contributed by atoms with Gasteiger partial charge in [0.05, 0.1) is 4.92 Å². The zero-order valence-electron chi connectivity index (χ0n) is 15.3. The van der Waals surface area contributed by atoms with Crippen molar-refractivity contribution in [2.75, 3.05) is 41.3 Å². The standard InChI is InChI=1S/C19H24N6O2/c26-25(27)17-18(22-15-6-4-5-7-15)20-14-21-19(17)24-12-10-23(11-13-24)16-8-2-1-3-9-16/h1-3,8-9,14-15H,4-7,10-13H2,(H,20,21,22). The highest BCUT2D eigenvalue weighted by atomic mass is 16.6. The number of para-hydroxylation sites is 1. The van der Waals surface area contributed by atoms with Gasteiger partial charge < -0.3 is 15.1 Å². The number of benzene rings is 1. The molecule has 1 aliphatic heterocycles. The molecule has 1 saturated carbocycles. The summed E-state index contributed by atoms with van der Waals surface area (Å²) < 4.78 is 0. The van der Waals surface area contributed by atoms with E-state index < -0.39 is 0 Å². The Morgan fingerprint density at radius 3 is 2.33 bits per heavy atom. The highest BCUT2D eigenvalue weighted by Gasteiger charge is 2.30. The van der Waals surface area contributed by atoms with Crippen molar-refractivity contribution < 1.29 is 4.92 Å². The zero-order chi connectivity index (χ0) is 18.6. The smallest absolute Gasteiger partial charge is 0.353 e. The van der Waals surface area contributed by atoms with Gasteiger partial charge in [-0.25, -0.2) is 9.97 Å². The number of hydrogen-bond donors (Lipinski definition) is 1. The van der Waals surface area contributed by atoms with Crippen LogP contribution in [0.15, 0.2) is 36.7 Å². The summed E-state index contributed by atoms with van der Waals surface area (Å²) in [6, 6.07) is 10.5. The zero-order valence-corrected chi connectivity index (χ0v) is 15.3. The van der Waals surface area contributed by atoms with Crippen molar-refractivity contribution in [2.24, 2.45) is 0 Å². The maximum absolute atomic E-state index is 11.8. The van der Waals surface area contributed by atoms with Crippen molar-refractivity contribution in [3.05, 3.63) is 46.8 Å². The van der Waals surface area contributed by atoms with Crippen molar-refractivity contribution in [1.82, 2.24) is 9.97 Å². The van der Waals surface area contributed by atoms with Gasteiger partial charge in [-0.2, -0.15) is 0 Å². The van der Waals surface area contributed by atoms with Crippen molar-refractivity contribution in [1.29, 1.82) is 0 Å². The van der Waals surface area contributed by atoms with Gasteiger partial charge in [-0.05, 0) is 25.0 Å². The number of anilines is 3. The lowest BCUT2D eigenvalue weighted by atomic mass is 10.2. The molecule has 1 saturated heterocycles. The second-order valence-corrected chi connectivity index (χ2v) is 7.09. The molecular weight excluding hydrogens is 344 g/mol. The molecule has 0 amide bonds. The van der Waals surface area contributed by atoms with Gasteiger partial charge in [-0.3, -0.25) is 10.1 Å². The van der Waals surface area contributed by atoms with Crippen LogP contribution in [0.4, 0.5) is 23.0 Å². The van der Waals surface area contributed by atoms with Gasteiger partial charge in [0.1, 0.15) is 6.33 Å². The van der Waals surface area contributed by atoms with Crippen molar-refractivity contribution in [3.8, 4) is 0 Å². The van der Waals surface area contributed by atoms with Crippen molar-refractivity contribution >= 4 is 23.0 Å². The Morgan fingerprint density at radius 1 is 1.00 bits per heavy atom. The maximum Gasteiger partial charge on any atom is 0.353 e. The fraction of sp³-hybridized carbons (Fsp3) is 0.474. The van der Waals surface area contributed by atoms with Gasteiger partial charge in [0.25, 0.3) is 0 Å². The summed E-state index contributed by atoms with van der Waals surface area (Å²) in [6.07, 6.45) is 5.82. The van der Waals surface area contributed by atoms with Gasteiger partial charge in [-0.15, -0.1) is 0 Å². The maximum atomic E-state index is 11.8. The van der Waals surface area contributed by atoms with Crippen LogP contribution in [-0.4, -0.2) is 47.1 Å². The van der Waals surface area contributed by atoms with Crippen LogP contribution in [-0.2, 0) is 0 Å². The quantitative estimate of drug-likeness (QED) is 0.641. The van der Waals surface area contributed by atoms with Gasteiger partial charge in [0, 0.05) is 37.9 Å². The summed E-state index contributed by atoms with van der Waals surface area (Å²) in [5, 5.41) is 15.1. The van der Waals surface area contributed by atoms with Crippen LogP contribution in [0.5, 0.6) is 0 Å². The van der Waals surface area contributed by atoms with Gasteiger partial charge in [0.15, 0.2) is 0 Å². The average molecular weight is 368 g/mol. The van der Waals surface area contributed by atoms with E-state index in [1.165, 1.54) is 12.0 Å². The lowest BCUT2D eigenvalue weighted by Crippen LogP contribution is -2.47. The summed E-state index contributed by atoms with van der Waals surface area (Å²) in [7, 11) is 0. The molecule has 2 aliphatic rings. The van der Waals surface area contributed by atoms with Crippen LogP contribution in [0.3, 0.4) is 0 Å². The molecule has 2 fully saturated rings. The van der Waals surface area contributed by atoms with E-state index in [9.17, 15) is 10.1 Å². The summed E-state index contributed by atoms with van der Waals surface area (Å²) >= 11 is 0. The van der Waals surface area contributed by atoms with Crippen LogP contribution in [0.2, 0.25) is 0 Å². The van der Waals surface area contributed by atoms with Crippen molar-refractivity contribution in [2.45, 2.75) is 31.7 Å². The topological polar surface area (TPSA) is 87.4 Å². The number of nitro groups is 1. The third kappa shape index (κ3) is 3.79. The summed E-state index contributed by atoms with van der Waals surface area (Å²) in [5.41, 5.74) is 1.18. The van der Waals surface area contributed by atoms with Gasteiger partial charge in [0.2, 0.25) is 11.6 Å². The lowest BCUT2D eigenvalue weighted by Gasteiger charge is -2.36. The average Bonchev–Trinajstić information content (AvgIpc) is 3.21. The van der Waals surface area contributed by atoms with E-state index in [1.807, 2.05) is 23.1 Å². The predicted octanol–water partition coefficient (Wildman–Crippen LogP) is 3.07. The van der Waals surface area contributed by atoms with Crippen LogP contribution < -0.4 is 15.1 Å². The minimum atomic E-state index is -0.351. The Bertz CT molecular complexity index is 786. The summed E-state index contributed by atoms with van der Waals surface area (Å²) in [4.78, 5) is 24.2. The lowest BCUT2D eigenvalue weighted by molar-refractivity contribution is -0.383. The van der Waals surface area contributed by atoms with E-state index in [-0.39, 0.29) is 16.7 Å². The molecule has 0 bridgehead atoms. The largest absolute Gasteiger partial charge is 0.368 e. The first-order valence-electron chi connectivity index (χ1n) is 9.53. The molecule has 27 heavy (non-hydrogen) atoms. The van der Waals surface area contributed by atoms with E-state index in [2.05, 4.69) is 32.3 Å². The molecule has 0 atom stereocenters. The molecule has 8 nitrogen and oxygen atoms in total. The highest BCUT2D eigenvalue weighted by Crippen LogP contribution is 2.34. The molecular formula is C19H24N6O2.